The molecule has 8 nitrogen and oxygen atoms in total. The van der Waals surface area contributed by atoms with Gasteiger partial charge in [0.1, 0.15) is 12.4 Å². The zero-order valence-electron chi connectivity index (χ0n) is 22.8. The minimum Gasteiger partial charge on any atom is -0.494 e. The van der Waals surface area contributed by atoms with Crippen molar-refractivity contribution in [2.24, 2.45) is 5.92 Å². The third-order valence-electron chi connectivity index (χ3n) is 7.76. The van der Waals surface area contributed by atoms with E-state index in [1.165, 1.54) is 37.4 Å². The summed E-state index contributed by atoms with van der Waals surface area (Å²) in [6.07, 6.45) is 4.97. The lowest BCUT2D eigenvalue weighted by atomic mass is 9.82. The number of nitrogens with one attached hydrogen (secondary N) is 1. The lowest BCUT2D eigenvalue weighted by molar-refractivity contribution is -0.138. The van der Waals surface area contributed by atoms with Gasteiger partial charge in [0.15, 0.2) is 23.2 Å². The van der Waals surface area contributed by atoms with E-state index in [-0.39, 0.29) is 30.2 Å². The van der Waals surface area contributed by atoms with Crippen LogP contribution in [0.2, 0.25) is 0 Å². The number of hydrogen-bond donors (Lipinski definition) is 1. The number of methoxy groups -OCH3 is 1. The van der Waals surface area contributed by atoms with Gasteiger partial charge in [0.05, 0.1) is 42.6 Å². The van der Waals surface area contributed by atoms with E-state index in [1.807, 2.05) is 22.9 Å². The maximum Gasteiger partial charge on any atom is 0.416 e. The average molecular weight is 587 g/mol. The van der Waals surface area contributed by atoms with Crippen LogP contribution < -0.4 is 19.7 Å². The topological polar surface area (TPSA) is 77.3 Å². The second-order valence-corrected chi connectivity index (χ2v) is 10.5. The van der Waals surface area contributed by atoms with Gasteiger partial charge in [-0.1, -0.05) is 19.3 Å². The highest BCUT2D eigenvalue weighted by molar-refractivity contribution is 5.64. The Hall–Kier alpha value is -4.42. The molecule has 1 aliphatic heterocycles. The van der Waals surface area contributed by atoms with Crippen LogP contribution in [0.4, 0.5) is 39.4 Å². The van der Waals surface area contributed by atoms with E-state index in [0.717, 1.165) is 17.8 Å². The Morgan fingerprint density at radius 2 is 1.88 bits per heavy atom. The third kappa shape index (κ3) is 5.30. The highest BCUT2D eigenvalue weighted by atomic mass is 19.4. The Morgan fingerprint density at radius 1 is 1.10 bits per heavy atom. The fourth-order valence-electron chi connectivity index (χ4n) is 5.28. The zero-order chi connectivity index (χ0) is 29.6. The van der Waals surface area contributed by atoms with E-state index in [2.05, 4.69) is 20.3 Å². The van der Waals surface area contributed by atoms with Crippen molar-refractivity contribution in [3.8, 4) is 17.2 Å². The molecule has 220 valence electrons. The van der Waals surface area contributed by atoms with Crippen LogP contribution in [-0.2, 0) is 12.6 Å². The number of nitrogens with zero attached hydrogens (tertiary/aromatic N) is 5. The standard InChI is InChI=1S/C29H27F5N6O2/c1-39-24(19-10-21(30)22(31)11-20(19)29(32,33)34)14-42-26-12-35-28(38-27(26)39)37-17-6-7-23(25(9-17)41-2)40-13-18(36-15-40)8-16-4-3-5-16/h6-7,9-13,15-16,24H,3-5,8,14H2,1-2H3,(H,35,37,38). The molecule has 1 N–H and O–H groups in total. The lowest BCUT2D eigenvalue weighted by Gasteiger charge is -2.36. The number of anilines is 3. The molecule has 42 heavy (non-hydrogen) atoms. The van der Waals surface area contributed by atoms with Crippen LogP contribution in [0.25, 0.3) is 5.69 Å². The predicted octanol–water partition coefficient (Wildman–Crippen LogP) is 6.62. The van der Waals surface area contributed by atoms with Gasteiger partial charge < -0.3 is 24.3 Å². The van der Waals surface area contributed by atoms with Crippen molar-refractivity contribution in [3.63, 3.8) is 0 Å². The maximum absolute atomic E-state index is 14.0. The number of rotatable bonds is 7. The summed E-state index contributed by atoms with van der Waals surface area (Å²) in [7, 11) is 3.07. The molecule has 1 aliphatic carbocycles. The fraction of sp³-hybridized carbons (Fsp3) is 0.345. The molecule has 1 fully saturated rings. The predicted molar refractivity (Wildman–Crippen MR) is 144 cm³/mol. The molecule has 0 saturated heterocycles. The summed E-state index contributed by atoms with van der Waals surface area (Å²) < 4.78 is 82.1. The summed E-state index contributed by atoms with van der Waals surface area (Å²) in [5.41, 5.74) is 0.684. The Morgan fingerprint density at radius 3 is 2.60 bits per heavy atom. The van der Waals surface area contributed by atoms with Gasteiger partial charge in [-0.2, -0.15) is 18.2 Å². The summed E-state index contributed by atoms with van der Waals surface area (Å²) in [5, 5.41) is 3.08. The van der Waals surface area contributed by atoms with Gasteiger partial charge in [0.2, 0.25) is 5.95 Å². The summed E-state index contributed by atoms with van der Waals surface area (Å²) in [6, 6.07) is 5.07. The largest absolute Gasteiger partial charge is 0.494 e. The molecule has 1 atom stereocenters. The van der Waals surface area contributed by atoms with Crippen LogP contribution in [0.1, 0.15) is 42.1 Å². The molecule has 6 rings (SSSR count). The van der Waals surface area contributed by atoms with Crippen molar-refractivity contribution >= 4 is 17.5 Å². The van der Waals surface area contributed by atoms with E-state index < -0.39 is 35.0 Å². The normalized spacial score (nSPS) is 16.9. The first-order valence-electron chi connectivity index (χ1n) is 13.4. The fourth-order valence-corrected chi connectivity index (χ4v) is 5.28. The van der Waals surface area contributed by atoms with E-state index in [0.29, 0.717) is 23.4 Å². The van der Waals surface area contributed by atoms with Gasteiger partial charge in [-0.3, -0.25) is 0 Å². The molecular weight excluding hydrogens is 559 g/mol. The van der Waals surface area contributed by atoms with E-state index in [1.54, 1.807) is 19.5 Å². The second kappa shape index (κ2) is 10.8. The van der Waals surface area contributed by atoms with Gasteiger partial charge in [-0.15, -0.1) is 0 Å². The SMILES string of the molecule is COc1cc(Nc2ncc3c(n2)N(C)C(c2cc(F)c(F)cc2C(F)(F)F)CO3)ccc1-n1cnc(CC2CCC2)c1. The summed E-state index contributed by atoms with van der Waals surface area (Å²) in [5.74, 6) is -1.13. The third-order valence-corrected chi connectivity index (χ3v) is 7.76. The van der Waals surface area contributed by atoms with Gasteiger partial charge in [0.25, 0.3) is 0 Å². The van der Waals surface area contributed by atoms with Crippen LogP contribution in [0.5, 0.6) is 11.5 Å². The van der Waals surface area contributed by atoms with Crippen LogP contribution in [0.15, 0.2) is 49.1 Å². The molecule has 0 radical (unpaired) electrons. The van der Waals surface area contributed by atoms with Crippen LogP contribution in [0.3, 0.4) is 0 Å². The van der Waals surface area contributed by atoms with Gasteiger partial charge in [0, 0.05) is 25.0 Å². The Balaban J connectivity index is 1.24. The number of fused-ring (bicyclic) bond motifs is 1. The van der Waals surface area contributed by atoms with Crippen molar-refractivity contribution in [1.82, 2.24) is 19.5 Å². The Kier molecular flexibility index (Phi) is 7.11. The summed E-state index contributed by atoms with van der Waals surface area (Å²) in [4.78, 5) is 14.7. The number of likely N-dealkylation sites (N-methyl/N-ethyl adjacent to an activating group) is 1. The molecule has 13 heteroatoms. The first-order valence-corrected chi connectivity index (χ1v) is 13.4. The molecule has 3 heterocycles. The smallest absolute Gasteiger partial charge is 0.416 e. The number of halogens is 5. The quantitative estimate of drug-likeness (QED) is 0.244. The number of imidazole rings is 1. The molecule has 2 aromatic carbocycles. The molecule has 2 aliphatic rings. The molecule has 0 spiro atoms. The van der Waals surface area contributed by atoms with Crippen molar-refractivity contribution in [2.75, 3.05) is 31.0 Å². The lowest BCUT2D eigenvalue weighted by Crippen LogP contribution is -2.36. The molecule has 4 aromatic rings. The number of ether oxygens (including phenoxy) is 2. The number of alkyl halides is 3. The number of hydrogen-bond acceptors (Lipinski definition) is 7. The monoisotopic (exact) mass is 586 g/mol. The Bertz CT molecular complexity index is 1620. The van der Waals surface area contributed by atoms with Gasteiger partial charge >= 0.3 is 6.18 Å². The minimum atomic E-state index is -4.90. The van der Waals surface area contributed by atoms with Crippen LogP contribution in [-0.4, -0.2) is 40.3 Å². The highest BCUT2D eigenvalue weighted by Gasteiger charge is 2.39. The van der Waals surface area contributed by atoms with Gasteiger partial charge in [-0.05, 0) is 42.2 Å². The first kappa shape index (κ1) is 27.7. The average Bonchev–Trinajstić information content (AvgIpc) is 3.40. The molecule has 2 aromatic heterocycles. The molecule has 1 unspecified atom stereocenters. The van der Waals surface area contributed by atoms with Crippen LogP contribution >= 0.6 is 0 Å². The molecule has 0 bridgehead atoms. The van der Waals surface area contributed by atoms with Crippen LogP contribution in [0, 0.1) is 17.6 Å². The summed E-state index contributed by atoms with van der Waals surface area (Å²) >= 11 is 0. The second-order valence-electron chi connectivity index (χ2n) is 10.5. The van der Waals surface area contributed by atoms with Crippen molar-refractivity contribution < 1.29 is 31.4 Å². The van der Waals surface area contributed by atoms with Gasteiger partial charge in [-0.25, -0.2) is 18.7 Å². The van der Waals surface area contributed by atoms with E-state index in [4.69, 9.17) is 9.47 Å². The van der Waals surface area contributed by atoms with E-state index in [9.17, 15) is 22.0 Å². The zero-order valence-corrected chi connectivity index (χ0v) is 22.8. The Labute approximate surface area is 238 Å². The maximum atomic E-state index is 14.0. The first-order chi connectivity index (χ1) is 20.1. The highest BCUT2D eigenvalue weighted by Crippen LogP contribution is 2.42. The van der Waals surface area contributed by atoms with Crippen molar-refractivity contribution in [1.29, 1.82) is 0 Å². The molecule has 0 amide bonds. The number of aromatic nitrogens is 4. The van der Waals surface area contributed by atoms with E-state index >= 15 is 0 Å². The molecular formula is C29H27F5N6O2. The van der Waals surface area contributed by atoms with Crippen molar-refractivity contribution in [3.05, 3.63) is 77.5 Å². The molecule has 1 saturated carbocycles. The van der Waals surface area contributed by atoms with Crippen molar-refractivity contribution in [2.45, 2.75) is 37.9 Å². The summed E-state index contributed by atoms with van der Waals surface area (Å²) in [6.45, 7) is -0.247. The number of benzene rings is 2. The minimum absolute atomic E-state index is 0.145.